The van der Waals surface area contributed by atoms with Crippen LogP contribution in [0.15, 0.2) is 46.9 Å². The molecule has 138 valence electrons. The highest BCUT2D eigenvalue weighted by molar-refractivity contribution is 5.91. The highest BCUT2D eigenvalue weighted by Crippen LogP contribution is 2.32. The number of likely N-dealkylation sites (tertiary alicyclic amines) is 1. The molecule has 1 aromatic carbocycles. The third-order valence-electron chi connectivity index (χ3n) is 5.49. The monoisotopic (exact) mass is 353 g/mol. The van der Waals surface area contributed by atoms with Crippen LogP contribution in [0.5, 0.6) is 0 Å². The quantitative estimate of drug-likeness (QED) is 0.786. The standard InChI is InChI=1S/C22H27NO3/c1-16-7-10-21(26-16)22(24)23-12-11-20(25-15-18-8-9-18)19(14-23)13-17-5-3-2-4-6-17/h2-7,10,18-20H,8-9,11-15H2,1H3/t19-,20+/m1/s1. The van der Waals surface area contributed by atoms with E-state index in [2.05, 4.69) is 24.3 Å². The van der Waals surface area contributed by atoms with Crippen molar-refractivity contribution >= 4 is 5.91 Å². The molecule has 1 saturated carbocycles. The van der Waals surface area contributed by atoms with Crippen molar-refractivity contribution in [3.05, 3.63) is 59.5 Å². The maximum absolute atomic E-state index is 12.8. The Labute approximate surface area is 155 Å². The van der Waals surface area contributed by atoms with Gasteiger partial charge in [0.2, 0.25) is 0 Å². The van der Waals surface area contributed by atoms with Crippen molar-refractivity contribution in [3.63, 3.8) is 0 Å². The number of benzene rings is 1. The number of hydrogen-bond acceptors (Lipinski definition) is 3. The van der Waals surface area contributed by atoms with Crippen LogP contribution in [-0.4, -0.2) is 36.6 Å². The summed E-state index contributed by atoms with van der Waals surface area (Å²) in [6.45, 7) is 4.20. The first-order valence-electron chi connectivity index (χ1n) is 9.70. The molecule has 4 rings (SSSR count). The molecule has 1 amide bonds. The van der Waals surface area contributed by atoms with E-state index < -0.39 is 0 Å². The van der Waals surface area contributed by atoms with Gasteiger partial charge in [0.25, 0.3) is 5.91 Å². The van der Waals surface area contributed by atoms with Gasteiger partial charge in [-0.2, -0.15) is 0 Å². The maximum atomic E-state index is 12.8. The number of piperidine rings is 1. The van der Waals surface area contributed by atoms with Crippen LogP contribution in [0.2, 0.25) is 0 Å². The molecule has 2 heterocycles. The molecule has 1 aliphatic carbocycles. The zero-order valence-electron chi connectivity index (χ0n) is 15.4. The third kappa shape index (κ3) is 4.18. The van der Waals surface area contributed by atoms with Crippen molar-refractivity contribution in [2.24, 2.45) is 11.8 Å². The second-order valence-electron chi connectivity index (χ2n) is 7.72. The molecule has 2 aliphatic rings. The molecule has 0 bridgehead atoms. The SMILES string of the molecule is Cc1ccc(C(=O)N2CC[C@H](OCC3CC3)[C@H](Cc3ccccc3)C2)o1. The number of carbonyl (C=O) groups is 1. The number of hydrogen-bond donors (Lipinski definition) is 0. The summed E-state index contributed by atoms with van der Waals surface area (Å²) < 4.78 is 11.8. The van der Waals surface area contributed by atoms with E-state index >= 15 is 0 Å². The van der Waals surface area contributed by atoms with Crippen LogP contribution >= 0.6 is 0 Å². The van der Waals surface area contributed by atoms with E-state index in [9.17, 15) is 4.79 Å². The highest BCUT2D eigenvalue weighted by Gasteiger charge is 2.34. The minimum Gasteiger partial charge on any atom is -0.456 e. The fourth-order valence-electron chi connectivity index (χ4n) is 3.78. The van der Waals surface area contributed by atoms with Crippen LogP contribution in [0, 0.1) is 18.8 Å². The smallest absolute Gasteiger partial charge is 0.289 e. The maximum Gasteiger partial charge on any atom is 0.289 e. The van der Waals surface area contributed by atoms with Crippen LogP contribution in [0.1, 0.15) is 41.1 Å². The number of aryl methyl sites for hydroxylation is 1. The van der Waals surface area contributed by atoms with E-state index in [-0.39, 0.29) is 12.0 Å². The second-order valence-corrected chi connectivity index (χ2v) is 7.72. The Balaban J connectivity index is 1.45. The number of carbonyl (C=O) groups excluding carboxylic acids is 1. The molecule has 0 radical (unpaired) electrons. The molecule has 0 spiro atoms. The van der Waals surface area contributed by atoms with Gasteiger partial charge < -0.3 is 14.1 Å². The lowest BCUT2D eigenvalue weighted by Crippen LogP contribution is -2.47. The van der Waals surface area contributed by atoms with Crippen LogP contribution in [0.3, 0.4) is 0 Å². The van der Waals surface area contributed by atoms with Crippen molar-refractivity contribution in [3.8, 4) is 0 Å². The summed E-state index contributed by atoms with van der Waals surface area (Å²) in [6.07, 6.45) is 4.68. The average molecular weight is 353 g/mol. The molecule has 2 aromatic rings. The zero-order chi connectivity index (χ0) is 17.9. The predicted molar refractivity (Wildman–Crippen MR) is 100 cm³/mol. The number of amides is 1. The van der Waals surface area contributed by atoms with Crippen molar-refractivity contribution in [2.45, 2.75) is 38.7 Å². The molecule has 4 heteroatoms. The molecule has 26 heavy (non-hydrogen) atoms. The number of furan rings is 1. The van der Waals surface area contributed by atoms with Crippen LogP contribution in [0.25, 0.3) is 0 Å². The summed E-state index contributed by atoms with van der Waals surface area (Å²) in [6, 6.07) is 14.1. The lowest BCUT2D eigenvalue weighted by molar-refractivity contribution is -0.0331. The third-order valence-corrected chi connectivity index (χ3v) is 5.49. The summed E-state index contributed by atoms with van der Waals surface area (Å²) >= 11 is 0. The lowest BCUT2D eigenvalue weighted by Gasteiger charge is -2.38. The summed E-state index contributed by atoms with van der Waals surface area (Å²) in [5, 5.41) is 0. The molecule has 0 unspecified atom stereocenters. The summed E-state index contributed by atoms with van der Waals surface area (Å²) in [5.41, 5.74) is 1.31. The first kappa shape index (κ1) is 17.3. The second kappa shape index (κ2) is 7.67. The van der Waals surface area contributed by atoms with Gasteiger partial charge in [-0.05, 0) is 56.2 Å². The number of rotatable bonds is 6. The molecule has 1 saturated heterocycles. The summed E-state index contributed by atoms with van der Waals surface area (Å²) in [5.74, 6) is 2.30. The molecule has 2 atom stereocenters. The van der Waals surface area contributed by atoms with Crippen molar-refractivity contribution in [1.29, 1.82) is 0 Å². The number of nitrogens with zero attached hydrogens (tertiary/aromatic N) is 1. The van der Waals surface area contributed by atoms with Gasteiger partial charge in [-0.25, -0.2) is 0 Å². The molecule has 4 nitrogen and oxygen atoms in total. The Morgan fingerprint density at radius 2 is 1.96 bits per heavy atom. The first-order valence-corrected chi connectivity index (χ1v) is 9.70. The van der Waals surface area contributed by atoms with Crippen LogP contribution in [0.4, 0.5) is 0 Å². The van der Waals surface area contributed by atoms with E-state index in [0.717, 1.165) is 44.2 Å². The van der Waals surface area contributed by atoms with Crippen molar-refractivity contribution < 1.29 is 13.9 Å². The van der Waals surface area contributed by atoms with Gasteiger partial charge in [-0.1, -0.05) is 30.3 Å². The van der Waals surface area contributed by atoms with Crippen LogP contribution in [-0.2, 0) is 11.2 Å². The summed E-state index contributed by atoms with van der Waals surface area (Å²) in [4.78, 5) is 14.7. The minimum atomic E-state index is -0.00296. The van der Waals surface area contributed by atoms with Gasteiger partial charge in [0.1, 0.15) is 5.76 Å². The summed E-state index contributed by atoms with van der Waals surface area (Å²) in [7, 11) is 0. The normalized spacial score (nSPS) is 23.2. The van der Waals surface area contributed by atoms with Crippen molar-refractivity contribution in [2.75, 3.05) is 19.7 Å². The predicted octanol–water partition coefficient (Wildman–Crippen LogP) is 4.09. The van der Waals surface area contributed by atoms with Gasteiger partial charge in [0.05, 0.1) is 6.10 Å². The Kier molecular flexibility index (Phi) is 5.11. The largest absolute Gasteiger partial charge is 0.456 e. The zero-order valence-corrected chi connectivity index (χ0v) is 15.4. The van der Waals surface area contributed by atoms with Gasteiger partial charge >= 0.3 is 0 Å². The molecule has 1 aliphatic heterocycles. The topological polar surface area (TPSA) is 42.7 Å². The fraction of sp³-hybridized carbons (Fsp3) is 0.500. The Hall–Kier alpha value is -2.07. The molecule has 0 N–H and O–H groups in total. The molecule has 2 fully saturated rings. The van der Waals surface area contributed by atoms with Gasteiger partial charge in [0, 0.05) is 25.6 Å². The van der Waals surface area contributed by atoms with E-state index in [1.165, 1.54) is 18.4 Å². The molecular weight excluding hydrogens is 326 g/mol. The average Bonchev–Trinajstić information content (AvgIpc) is 3.39. The highest BCUT2D eigenvalue weighted by atomic mass is 16.5. The fourth-order valence-corrected chi connectivity index (χ4v) is 3.78. The minimum absolute atomic E-state index is 0.00296. The van der Waals surface area contributed by atoms with Gasteiger partial charge in [0.15, 0.2) is 5.76 Å². The van der Waals surface area contributed by atoms with Crippen molar-refractivity contribution in [1.82, 2.24) is 4.90 Å². The van der Waals surface area contributed by atoms with E-state index in [1.807, 2.05) is 24.0 Å². The van der Waals surface area contributed by atoms with E-state index in [4.69, 9.17) is 9.15 Å². The molecular formula is C22H27NO3. The Morgan fingerprint density at radius 3 is 2.65 bits per heavy atom. The Morgan fingerprint density at radius 1 is 1.15 bits per heavy atom. The van der Waals surface area contributed by atoms with Gasteiger partial charge in [-0.3, -0.25) is 4.79 Å². The molecule has 1 aromatic heterocycles. The van der Waals surface area contributed by atoms with E-state index in [1.54, 1.807) is 6.07 Å². The van der Waals surface area contributed by atoms with Gasteiger partial charge in [-0.15, -0.1) is 0 Å². The lowest BCUT2D eigenvalue weighted by atomic mass is 9.88. The first-order chi connectivity index (χ1) is 12.7. The number of ether oxygens (including phenoxy) is 1. The Bertz CT molecular complexity index is 735. The van der Waals surface area contributed by atoms with E-state index in [0.29, 0.717) is 11.7 Å². The van der Waals surface area contributed by atoms with Crippen LogP contribution < -0.4 is 0 Å².